The second kappa shape index (κ2) is 7.42. The molecule has 0 radical (unpaired) electrons. The first-order chi connectivity index (χ1) is 11.8. The molecule has 3 aromatic rings. The van der Waals surface area contributed by atoms with Crippen LogP contribution in [-0.2, 0) is 11.4 Å². The molecule has 1 aromatic heterocycles. The number of hydrogen-bond donors (Lipinski definition) is 0. The number of oxazole rings is 1. The number of aryl methyl sites for hydroxylation is 1. The number of rotatable bonds is 6. The highest BCUT2D eigenvalue weighted by atomic mass is 16.5. The van der Waals surface area contributed by atoms with E-state index in [0.29, 0.717) is 5.89 Å². The highest BCUT2D eigenvalue weighted by Gasteiger charge is 2.11. The van der Waals surface area contributed by atoms with Gasteiger partial charge < -0.3 is 9.15 Å². The molecule has 0 spiro atoms. The van der Waals surface area contributed by atoms with E-state index in [4.69, 9.17) is 9.15 Å². The third-order valence-electron chi connectivity index (χ3n) is 3.50. The molecule has 0 atom stereocenters. The fourth-order valence-electron chi connectivity index (χ4n) is 2.35. The standard InChI is InChI=1S/C20H17NO3/c1-15-20(17-7-3-2-4-8-17)21-19(24-15)14-23-18-11-9-16(10-12-18)6-5-13-22/h2-13H,14H2,1H3/b6-5+. The van der Waals surface area contributed by atoms with Crippen LogP contribution in [0.25, 0.3) is 17.3 Å². The topological polar surface area (TPSA) is 52.3 Å². The van der Waals surface area contributed by atoms with Crippen LogP contribution in [0, 0.1) is 6.92 Å². The Hall–Kier alpha value is -3.14. The zero-order chi connectivity index (χ0) is 16.8. The monoisotopic (exact) mass is 319 g/mol. The van der Waals surface area contributed by atoms with Gasteiger partial charge in [0.05, 0.1) is 0 Å². The van der Waals surface area contributed by atoms with Crippen LogP contribution in [0.15, 0.2) is 65.1 Å². The van der Waals surface area contributed by atoms with E-state index in [0.717, 1.165) is 34.6 Å². The Morgan fingerprint density at radius 1 is 1.08 bits per heavy atom. The largest absolute Gasteiger partial charge is 0.484 e. The maximum atomic E-state index is 10.3. The van der Waals surface area contributed by atoms with Crippen LogP contribution in [0.3, 0.4) is 0 Å². The fraction of sp³-hybridized carbons (Fsp3) is 0.100. The van der Waals surface area contributed by atoms with Crippen molar-refractivity contribution in [3.05, 3.63) is 77.9 Å². The van der Waals surface area contributed by atoms with Gasteiger partial charge in [0.1, 0.15) is 23.5 Å². The van der Waals surface area contributed by atoms with E-state index in [1.807, 2.05) is 61.5 Å². The average Bonchev–Trinajstić information content (AvgIpc) is 3.00. The molecule has 0 bridgehead atoms. The van der Waals surface area contributed by atoms with Crippen molar-refractivity contribution in [2.45, 2.75) is 13.5 Å². The summed E-state index contributed by atoms with van der Waals surface area (Å²) in [6.45, 7) is 2.16. The van der Waals surface area contributed by atoms with E-state index in [-0.39, 0.29) is 6.61 Å². The minimum atomic E-state index is 0.261. The van der Waals surface area contributed by atoms with Gasteiger partial charge in [-0.25, -0.2) is 4.98 Å². The van der Waals surface area contributed by atoms with E-state index in [1.165, 1.54) is 6.08 Å². The van der Waals surface area contributed by atoms with Crippen LogP contribution >= 0.6 is 0 Å². The molecule has 0 aliphatic heterocycles. The van der Waals surface area contributed by atoms with Gasteiger partial charge in [-0.15, -0.1) is 0 Å². The van der Waals surface area contributed by atoms with Crippen molar-refractivity contribution in [3.63, 3.8) is 0 Å². The lowest BCUT2D eigenvalue weighted by molar-refractivity contribution is -0.104. The van der Waals surface area contributed by atoms with Crippen LogP contribution in [0.2, 0.25) is 0 Å². The van der Waals surface area contributed by atoms with Gasteiger partial charge in [0.15, 0.2) is 6.61 Å². The minimum absolute atomic E-state index is 0.261. The number of nitrogens with zero attached hydrogens (tertiary/aromatic N) is 1. The number of hydrogen-bond acceptors (Lipinski definition) is 4. The lowest BCUT2D eigenvalue weighted by Gasteiger charge is -2.03. The number of carbonyl (C=O) groups excluding carboxylic acids is 1. The zero-order valence-electron chi connectivity index (χ0n) is 13.3. The summed E-state index contributed by atoms with van der Waals surface area (Å²) in [5.74, 6) is 2.03. The SMILES string of the molecule is Cc1oc(COc2ccc(/C=C/C=O)cc2)nc1-c1ccccc1. The van der Waals surface area contributed by atoms with Gasteiger partial charge in [-0.1, -0.05) is 48.5 Å². The number of allylic oxidation sites excluding steroid dienone is 1. The van der Waals surface area contributed by atoms with E-state index in [9.17, 15) is 4.79 Å². The first-order valence-electron chi connectivity index (χ1n) is 7.62. The molecule has 0 N–H and O–H groups in total. The van der Waals surface area contributed by atoms with Gasteiger partial charge in [0, 0.05) is 5.56 Å². The number of benzene rings is 2. The average molecular weight is 319 g/mol. The van der Waals surface area contributed by atoms with Crippen molar-refractivity contribution in [2.24, 2.45) is 0 Å². The molecule has 0 saturated carbocycles. The molecule has 24 heavy (non-hydrogen) atoms. The summed E-state index contributed by atoms with van der Waals surface area (Å²) in [6, 6.07) is 17.4. The van der Waals surface area contributed by atoms with Gasteiger partial charge in [-0.05, 0) is 30.7 Å². The van der Waals surface area contributed by atoms with Crippen molar-refractivity contribution in [1.29, 1.82) is 0 Å². The Balaban J connectivity index is 1.67. The summed E-state index contributed by atoms with van der Waals surface area (Å²) in [4.78, 5) is 14.8. The van der Waals surface area contributed by atoms with Gasteiger partial charge in [0.2, 0.25) is 5.89 Å². The van der Waals surface area contributed by atoms with Gasteiger partial charge in [-0.3, -0.25) is 4.79 Å². The molecule has 0 aliphatic rings. The summed E-state index contributed by atoms with van der Waals surface area (Å²) < 4.78 is 11.4. The lowest BCUT2D eigenvalue weighted by atomic mass is 10.1. The maximum absolute atomic E-state index is 10.3. The smallest absolute Gasteiger partial charge is 0.233 e. The van der Waals surface area contributed by atoms with Crippen LogP contribution in [0.5, 0.6) is 5.75 Å². The predicted octanol–water partition coefficient (Wildman–Crippen LogP) is 4.44. The Kier molecular flexibility index (Phi) is 4.87. The Bertz CT molecular complexity index is 833. The van der Waals surface area contributed by atoms with E-state index in [1.54, 1.807) is 6.08 Å². The van der Waals surface area contributed by atoms with Crippen molar-refractivity contribution in [2.75, 3.05) is 0 Å². The molecule has 3 rings (SSSR count). The molecule has 4 heteroatoms. The molecule has 0 aliphatic carbocycles. The molecule has 2 aromatic carbocycles. The molecule has 4 nitrogen and oxygen atoms in total. The van der Waals surface area contributed by atoms with E-state index in [2.05, 4.69) is 4.98 Å². The zero-order valence-corrected chi connectivity index (χ0v) is 13.3. The van der Waals surface area contributed by atoms with Crippen LogP contribution in [0.4, 0.5) is 0 Å². The van der Waals surface area contributed by atoms with Crippen molar-refractivity contribution < 1.29 is 13.9 Å². The highest BCUT2D eigenvalue weighted by Crippen LogP contribution is 2.24. The summed E-state index contributed by atoms with van der Waals surface area (Å²) in [7, 11) is 0. The number of carbonyl (C=O) groups is 1. The molecule has 120 valence electrons. The summed E-state index contributed by atoms with van der Waals surface area (Å²) >= 11 is 0. The van der Waals surface area contributed by atoms with Crippen molar-refractivity contribution in [1.82, 2.24) is 4.98 Å². The molecular weight excluding hydrogens is 302 g/mol. The second-order valence-corrected chi connectivity index (χ2v) is 5.23. The van der Waals surface area contributed by atoms with Crippen LogP contribution in [0.1, 0.15) is 17.2 Å². The Morgan fingerprint density at radius 3 is 2.54 bits per heavy atom. The fourth-order valence-corrected chi connectivity index (χ4v) is 2.35. The summed E-state index contributed by atoms with van der Waals surface area (Å²) in [5, 5.41) is 0. The Labute approximate surface area is 140 Å². The number of ether oxygens (including phenoxy) is 1. The molecule has 0 unspecified atom stereocenters. The van der Waals surface area contributed by atoms with Crippen molar-refractivity contribution in [3.8, 4) is 17.0 Å². The molecule has 0 fully saturated rings. The first-order valence-corrected chi connectivity index (χ1v) is 7.62. The van der Waals surface area contributed by atoms with Gasteiger partial charge >= 0.3 is 0 Å². The van der Waals surface area contributed by atoms with E-state index >= 15 is 0 Å². The first kappa shape index (κ1) is 15.7. The normalized spacial score (nSPS) is 10.9. The van der Waals surface area contributed by atoms with Gasteiger partial charge in [-0.2, -0.15) is 0 Å². The Morgan fingerprint density at radius 2 is 1.83 bits per heavy atom. The van der Waals surface area contributed by atoms with Crippen LogP contribution < -0.4 is 4.74 Å². The number of aldehydes is 1. The third-order valence-corrected chi connectivity index (χ3v) is 3.50. The molecular formula is C20H17NO3. The predicted molar refractivity (Wildman–Crippen MR) is 92.5 cm³/mol. The van der Waals surface area contributed by atoms with Crippen LogP contribution in [-0.4, -0.2) is 11.3 Å². The summed E-state index contributed by atoms with van der Waals surface area (Å²) in [6.07, 6.45) is 3.94. The molecule has 1 heterocycles. The molecule has 0 saturated heterocycles. The number of aromatic nitrogens is 1. The third kappa shape index (κ3) is 3.79. The quantitative estimate of drug-likeness (QED) is 0.498. The van der Waals surface area contributed by atoms with Gasteiger partial charge in [0.25, 0.3) is 0 Å². The maximum Gasteiger partial charge on any atom is 0.233 e. The molecule has 0 amide bonds. The highest BCUT2D eigenvalue weighted by molar-refractivity contribution is 5.73. The van der Waals surface area contributed by atoms with Crippen molar-refractivity contribution >= 4 is 12.4 Å². The second-order valence-electron chi connectivity index (χ2n) is 5.23. The summed E-state index contributed by atoms with van der Waals surface area (Å²) in [5.41, 5.74) is 2.80. The lowest BCUT2D eigenvalue weighted by Crippen LogP contribution is -1.95. The van der Waals surface area contributed by atoms with E-state index < -0.39 is 0 Å². The minimum Gasteiger partial charge on any atom is -0.484 e.